The molecule has 0 saturated heterocycles. The van der Waals surface area contributed by atoms with Crippen LogP contribution in [0.15, 0.2) is 0 Å². The standard InChI is InChI=1S/C9H18O4/c1-3-5-9(6-4-2,7(10)11)8(12)13/h7,10-11H,3-6H2,1-2H3,(H,12,13). The van der Waals surface area contributed by atoms with E-state index in [4.69, 9.17) is 15.3 Å². The molecule has 0 aromatic heterocycles. The molecule has 78 valence electrons. The summed E-state index contributed by atoms with van der Waals surface area (Å²) in [4.78, 5) is 10.9. The Hall–Kier alpha value is -0.610. The van der Waals surface area contributed by atoms with Crippen molar-refractivity contribution in [2.75, 3.05) is 0 Å². The highest BCUT2D eigenvalue weighted by atomic mass is 16.5. The van der Waals surface area contributed by atoms with Gasteiger partial charge in [0.05, 0.1) is 0 Å². The highest BCUT2D eigenvalue weighted by Crippen LogP contribution is 2.33. The number of aliphatic carboxylic acids is 1. The Bertz CT molecular complexity index is 159. The molecule has 4 heteroatoms. The fraction of sp³-hybridized carbons (Fsp3) is 0.889. The summed E-state index contributed by atoms with van der Waals surface area (Å²) in [5, 5.41) is 27.1. The molecule has 0 aliphatic rings. The molecule has 0 aliphatic heterocycles. The number of aliphatic hydroxyl groups excluding tert-OH is 1. The van der Waals surface area contributed by atoms with Crippen LogP contribution in [-0.4, -0.2) is 27.6 Å². The van der Waals surface area contributed by atoms with Gasteiger partial charge in [-0.1, -0.05) is 26.7 Å². The molecule has 0 heterocycles. The number of carbonyl (C=O) groups is 1. The van der Waals surface area contributed by atoms with E-state index in [1.807, 2.05) is 13.8 Å². The summed E-state index contributed by atoms with van der Waals surface area (Å²) < 4.78 is 0. The molecule has 0 aromatic rings. The molecule has 4 nitrogen and oxygen atoms in total. The number of carboxylic acids is 1. The van der Waals surface area contributed by atoms with Crippen molar-refractivity contribution in [3.8, 4) is 0 Å². The van der Waals surface area contributed by atoms with Crippen molar-refractivity contribution >= 4 is 5.97 Å². The van der Waals surface area contributed by atoms with Crippen molar-refractivity contribution in [2.24, 2.45) is 5.41 Å². The van der Waals surface area contributed by atoms with E-state index in [1.165, 1.54) is 0 Å². The Morgan fingerprint density at radius 1 is 1.23 bits per heavy atom. The maximum absolute atomic E-state index is 10.9. The predicted molar refractivity (Wildman–Crippen MR) is 48.1 cm³/mol. The first kappa shape index (κ1) is 12.4. The molecule has 0 unspecified atom stereocenters. The molecule has 0 fully saturated rings. The smallest absolute Gasteiger partial charge is 0.314 e. The van der Waals surface area contributed by atoms with Gasteiger partial charge in [-0.25, -0.2) is 0 Å². The van der Waals surface area contributed by atoms with Gasteiger partial charge in [-0.3, -0.25) is 4.79 Å². The van der Waals surface area contributed by atoms with E-state index in [9.17, 15) is 4.79 Å². The Balaban J connectivity index is 4.69. The molecule has 0 bridgehead atoms. The lowest BCUT2D eigenvalue weighted by Gasteiger charge is -2.30. The Kier molecular flexibility index (Phi) is 4.95. The van der Waals surface area contributed by atoms with E-state index in [1.54, 1.807) is 0 Å². The van der Waals surface area contributed by atoms with E-state index < -0.39 is 17.7 Å². The molecule has 0 rings (SSSR count). The van der Waals surface area contributed by atoms with Crippen LogP contribution >= 0.6 is 0 Å². The fourth-order valence-electron chi connectivity index (χ4n) is 1.60. The van der Waals surface area contributed by atoms with Crippen LogP contribution in [0.4, 0.5) is 0 Å². The van der Waals surface area contributed by atoms with Crippen molar-refractivity contribution in [2.45, 2.75) is 45.8 Å². The summed E-state index contributed by atoms with van der Waals surface area (Å²) >= 11 is 0. The Labute approximate surface area is 78.2 Å². The van der Waals surface area contributed by atoms with E-state index >= 15 is 0 Å². The van der Waals surface area contributed by atoms with Gasteiger partial charge in [0.15, 0.2) is 6.29 Å². The number of aliphatic hydroxyl groups is 2. The molecule has 0 saturated carbocycles. The van der Waals surface area contributed by atoms with Gasteiger partial charge in [-0.2, -0.15) is 0 Å². The zero-order chi connectivity index (χ0) is 10.5. The first-order valence-electron chi connectivity index (χ1n) is 4.60. The number of rotatable bonds is 6. The van der Waals surface area contributed by atoms with Crippen LogP contribution in [0.1, 0.15) is 39.5 Å². The summed E-state index contributed by atoms with van der Waals surface area (Å²) in [6.45, 7) is 3.66. The van der Waals surface area contributed by atoms with Crippen molar-refractivity contribution in [1.29, 1.82) is 0 Å². The van der Waals surface area contributed by atoms with Crippen LogP contribution < -0.4 is 0 Å². The summed E-state index contributed by atoms with van der Waals surface area (Å²) in [5.41, 5.74) is -1.37. The predicted octanol–water partition coefficient (Wildman–Crippen LogP) is 0.968. The first-order chi connectivity index (χ1) is 6.01. The SMILES string of the molecule is CCCC(CCC)(C(=O)O)C(O)O. The summed E-state index contributed by atoms with van der Waals surface area (Å²) in [6.07, 6.45) is 0.0834. The van der Waals surface area contributed by atoms with Gasteiger partial charge in [0.1, 0.15) is 5.41 Å². The van der Waals surface area contributed by atoms with E-state index in [2.05, 4.69) is 0 Å². The molecule has 3 N–H and O–H groups in total. The lowest BCUT2D eigenvalue weighted by atomic mass is 9.78. The third-order valence-electron chi connectivity index (χ3n) is 2.31. The lowest BCUT2D eigenvalue weighted by molar-refractivity contribution is -0.184. The maximum atomic E-state index is 10.9. The van der Waals surface area contributed by atoms with E-state index in [0.717, 1.165) is 0 Å². The van der Waals surface area contributed by atoms with Gasteiger partial charge in [0.25, 0.3) is 0 Å². The van der Waals surface area contributed by atoms with Crippen LogP contribution in [-0.2, 0) is 4.79 Å². The molecule has 0 amide bonds. The van der Waals surface area contributed by atoms with Gasteiger partial charge in [-0.05, 0) is 12.8 Å². The van der Waals surface area contributed by atoms with E-state index in [-0.39, 0.29) is 0 Å². The van der Waals surface area contributed by atoms with Crippen LogP contribution in [0.2, 0.25) is 0 Å². The number of hydrogen-bond acceptors (Lipinski definition) is 3. The van der Waals surface area contributed by atoms with Crippen LogP contribution in [0.5, 0.6) is 0 Å². The van der Waals surface area contributed by atoms with Gasteiger partial charge in [-0.15, -0.1) is 0 Å². The highest BCUT2D eigenvalue weighted by Gasteiger charge is 2.43. The molecule has 0 radical (unpaired) electrons. The molecule has 0 spiro atoms. The third-order valence-corrected chi connectivity index (χ3v) is 2.31. The molecule has 13 heavy (non-hydrogen) atoms. The summed E-state index contributed by atoms with van der Waals surface area (Å²) in [7, 11) is 0. The van der Waals surface area contributed by atoms with Crippen LogP contribution in [0.3, 0.4) is 0 Å². The molecule has 0 aromatic carbocycles. The minimum absolute atomic E-state index is 0.299. The quantitative estimate of drug-likeness (QED) is 0.545. The number of hydrogen-bond donors (Lipinski definition) is 3. The zero-order valence-electron chi connectivity index (χ0n) is 8.16. The topological polar surface area (TPSA) is 77.8 Å². The van der Waals surface area contributed by atoms with E-state index in [0.29, 0.717) is 25.7 Å². The average Bonchev–Trinajstić information content (AvgIpc) is 2.03. The normalized spacial score (nSPS) is 12.1. The van der Waals surface area contributed by atoms with Crippen LogP contribution in [0.25, 0.3) is 0 Å². The Morgan fingerprint density at radius 3 is 1.77 bits per heavy atom. The lowest BCUT2D eigenvalue weighted by Crippen LogP contribution is -2.42. The first-order valence-corrected chi connectivity index (χ1v) is 4.60. The van der Waals surface area contributed by atoms with Crippen molar-refractivity contribution in [1.82, 2.24) is 0 Å². The minimum atomic E-state index is -1.77. The summed E-state index contributed by atoms with van der Waals surface area (Å²) in [6, 6.07) is 0. The van der Waals surface area contributed by atoms with Crippen molar-refractivity contribution in [3.05, 3.63) is 0 Å². The number of carboxylic acid groups (broad SMARTS) is 1. The second kappa shape index (κ2) is 5.19. The second-order valence-electron chi connectivity index (χ2n) is 3.33. The minimum Gasteiger partial charge on any atom is -0.481 e. The van der Waals surface area contributed by atoms with Crippen LogP contribution in [0, 0.1) is 5.41 Å². The Morgan fingerprint density at radius 2 is 1.62 bits per heavy atom. The molecule has 0 aliphatic carbocycles. The highest BCUT2D eigenvalue weighted by molar-refractivity contribution is 5.75. The second-order valence-corrected chi connectivity index (χ2v) is 3.33. The maximum Gasteiger partial charge on any atom is 0.314 e. The third kappa shape index (κ3) is 2.67. The van der Waals surface area contributed by atoms with Crippen molar-refractivity contribution in [3.63, 3.8) is 0 Å². The molecular formula is C9H18O4. The van der Waals surface area contributed by atoms with Crippen molar-refractivity contribution < 1.29 is 20.1 Å². The average molecular weight is 190 g/mol. The van der Waals surface area contributed by atoms with Gasteiger partial charge in [0.2, 0.25) is 0 Å². The summed E-state index contributed by atoms with van der Waals surface area (Å²) in [5.74, 6) is -1.12. The largest absolute Gasteiger partial charge is 0.481 e. The molecule has 0 atom stereocenters. The molecular weight excluding hydrogens is 172 g/mol. The van der Waals surface area contributed by atoms with Gasteiger partial charge < -0.3 is 15.3 Å². The van der Waals surface area contributed by atoms with Gasteiger partial charge in [0, 0.05) is 0 Å². The fourth-order valence-corrected chi connectivity index (χ4v) is 1.60. The van der Waals surface area contributed by atoms with Gasteiger partial charge >= 0.3 is 5.97 Å². The monoisotopic (exact) mass is 190 g/mol. The zero-order valence-corrected chi connectivity index (χ0v) is 8.16.